The number of hydrogen-bond donors (Lipinski definition) is 1. The molecule has 0 radical (unpaired) electrons. The molecule has 3 rings (SSSR count). The summed E-state index contributed by atoms with van der Waals surface area (Å²) in [6.45, 7) is 2.06. The van der Waals surface area contributed by atoms with Gasteiger partial charge in [0, 0.05) is 13.1 Å². The predicted octanol–water partition coefficient (Wildman–Crippen LogP) is 2.68. The zero-order valence-electron chi connectivity index (χ0n) is 18.5. The topological polar surface area (TPSA) is 101 Å². The maximum atomic E-state index is 12.9. The molecule has 0 saturated carbocycles. The van der Waals surface area contributed by atoms with Gasteiger partial charge in [0.15, 0.2) is 6.10 Å². The van der Waals surface area contributed by atoms with Gasteiger partial charge in [-0.2, -0.15) is 5.26 Å². The van der Waals surface area contributed by atoms with E-state index < -0.39 is 24.1 Å². The van der Waals surface area contributed by atoms with E-state index in [-0.39, 0.29) is 6.61 Å². The zero-order chi connectivity index (χ0) is 23.3. The van der Waals surface area contributed by atoms with Crippen molar-refractivity contribution in [2.24, 2.45) is 0 Å². The Balaban J connectivity index is 1.57. The number of aryl methyl sites for hydroxylation is 1. The Morgan fingerprint density at radius 1 is 1.03 bits per heavy atom. The minimum Gasteiger partial charge on any atom is -0.436 e. The maximum Gasteiger partial charge on any atom is 0.410 e. The number of carbonyl (C=O) groups excluding carboxylic acids is 2. The van der Waals surface area contributed by atoms with Gasteiger partial charge in [-0.1, -0.05) is 60.7 Å². The van der Waals surface area contributed by atoms with Crippen molar-refractivity contribution in [3.05, 3.63) is 71.8 Å². The van der Waals surface area contributed by atoms with E-state index in [0.29, 0.717) is 45.8 Å². The Hall–Kier alpha value is -3.41. The minimum absolute atomic E-state index is 0.0277. The van der Waals surface area contributed by atoms with Crippen molar-refractivity contribution in [2.75, 3.05) is 32.9 Å². The second kappa shape index (κ2) is 13.2. The van der Waals surface area contributed by atoms with Gasteiger partial charge in [-0.15, -0.1) is 0 Å². The summed E-state index contributed by atoms with van der Waals surface area (Å²) >= 11 is 0. The van der Waals surface area contributed by atoms with Crippen LogP contribution in [0.3, 0.4) is 0 Å². The van der Waals surface area contributed by atoms with Crippen LogP contribution in [0.1, 0.15) is 17.5 Å². The lowest BCUT2D eigenvalue weighted by Gasteiger charge is -2.28. The molecule has 1 N–H and O–H groups in total. The lowest BCUT2D eigenvalue weighted by atomic mass is 10.1. The number of morpholine rings is 1. The van der Waals surface area contributed by atoms with Crippen molar-refractivity contribution in [3.8, 4) is 6.07 Å². The first-order valence-corrected chi connectivity index (χ1v) is 11.0. The molecular weight excluding hydrogens is 422 g/mol. The van der Waals surface area contributed by atoms with Crippen LogP contribution in [0.2, 0.25) is 0 Å². The third kappa shape index (κ3) is 8.22. The van der Waals surface area contributed by atoms with Crippen molar-refractivity contribution in [3.63, 3.8) is 0 Å². The van der Waals surface area contributed by atoms with E-state index in [1.165, 1.54) is 4.90 Å². The second-order valence-electron chi connectivity index (χ2n) is 7.69. The minimum atomic E-state index is -1.02. The Labute approximate surface area is 194 Å². The fourth-order valence-electron chi connectivity index (χ4n) is 3.37. The molecule has 8 heteroatoms. The quantitative estimate of drug-likeness (QED) is 0.596. The van der Waals surface area contributed by atoms with Crippen LogP contribution in [0, 0.1) is 11.3 Å². The summed E-state index contributed by atoms with van der Waals surface area (Å²) < 4.78 is 16.4. The van der Waals surface area contributed by atoms with Crippen LogP contribution in [0.15, 0.2) is 60.7 Å². The van der Waals surface area contributed by atoms with Crippen LogP contribution < -0.4 is 5.32 Å². The highest BCUT2D eigenvalue weighted by Gasteiger charge is 2.28. The van der Waals surface area contributed by atoms with Crippen molar-refractivity contribution >= 4 is 12.0 Å². The normalized spacial score (nSPS) is 15.2. The van der Waals surface area contributed by atoms with E-state index in [9.17, 15) is 14.9 Å². The largest absolute Gasteiger partial charge is 0.436 e. The molecule has 1 fully saturated rings. The Morgan fingerprint density at radius 2 is 1.67 bits per heavy atom. The fourth-order valence-corrected chi connectivity index (χ4v) is 3.37. The summed E-state index contributed by atoms with van der Waals surface area (Å²) in [6.07, 6.45) is -0.725. The standard InChI is InChI=1S/C25H29N3O5/c26-17-22(19-32-18-21-9-5-2-6-10-21)27-24(29)23(12-11-20-7-3-1-4-8-20)33-25(30)28-13-15-31-16-14-28/h1-10,22-23H,11-16,18-19H2,(H,27,29). The number of benzene rings is 2. The van der Waals surface area contributed by atoms with Crippen molar-refractivity contribution in [1.29, 1.82) is 5.26 Å². The van der Waals surface area contributed by atoms with Gasteiger partial charge in [-0.25, -0.2) is 4.79 Å². The molecule has 2 amide bonds. The first-order chi connectivity index (χ1) is 16.2. The van der Waals surface area contributed by atoms with Crippen LogP contribution in [0.5, 0.6) is 0 Å². The summed E-state index contributed by atoms with van der Waals surface area (Å²) in [6, 6.07) is 20.4. The number of hydrogen-bond acceptors (Lipinski definition) is 6. The van der Waals surface area contributed by atoms with E-state index in [2.05, 4.69) is 5.32 Å². The molecule has 2 atom stereocenters. The highest BCUT2D eigenvalue weighted by atomic mass is 16.6. The number of nitrogens with zero attached hydrogens (tertiary/aromatic N) is 2. The number of amides is 2. The van der Waals surface area contributed by atoms with E-state index in [0.717, 1.165) is 11.1 Å². The highest BCUT2D eigenvalue weighted by Crippen LogP contribution is 2.11. The van der Waals surface area contributed by atoms with Crippen LogP contribution in [-0.4, -0.2) is 62.0 Å². The second-order valence-corrected chi connectivity index (χ2v) is 7.69. The molecule has 174 valence electrons. The SMILES string of the molecule is N#CC(COCc1ccccc1)NC(=O)C(CCc1ccccc1)OC(=O)N1CCOCC1. The van der Waals surface area contributed by atoms with Crippen molar-refractivity contribution in [2.45, 2.75) is 31.6 Å². The first kappa shape index (κ1) is 24.2. The van der Waals surface area contributed by atoms with Crippen LogP contribution in [0.4, 0.5) is 4.79 Å². The Kier molecular flexibility index (Phi) is 9.70. The maximum absolute atomic E-state index is 12.9. The van der Waals surface area contributed by atoms with Gasteiger partial charge in [-0.05, 0) is 24.0 Å². The Bertz CT molecular complexity index is 911. The van der Waals surface area contributed by atoms with E-state index in [4.69, 9.17) is 14.2 Å². The average molecular weight is 452 g/mol. The molecule has 2 aromatic rings. The lowest BCUT2D eigenvalue weighted by molar-refractivity contribution is -0.131. The van der Waals surface area contributed by atoms with Gasteiger partial charge in [0.1, 0.15) is 6.04 Å². The molecule has 0 aromatic heterocycles. The van der Waals surface area contributed by atoms with Gasteiger partial charge in [0.2, 0.25) is 0 Å². The monoisotopic (exact) mass is 451 g/mol. The van der Waals surface area contributed by atoms with Gasteiger partial charge in [0.25, 0.3) is 5.91 Å². The average Bonchev–Trinajstić information content (AvgIpc) is 2.87. The smallest absolute Gasteiger partial charge is 0.410 e. The fraction of sp³-hybridized carbons (Fsp3) is 0.400. The van der Waals surface area contributed by atoms with Crippen LogP contribution in [-0.2, 0) is 32.0 Å². The van der Waals surface area contributed by atoms with Gasteiger partial charge in [-0.3, -0.25) is 4.79 Å². The van der Waals surface area contributed by atoms with E-state index in [1.54, 1.807) is 0 Å². The summed E-state index contributed by atoms with van der Waals surface area (Å²) in [4.78, 5) is 27.1. The molecule has 0 aliphatic carbocycles. The van der Waals surface area contributed by atoms with E-state index in [1.807, 2.05) is 66.7 Å². The molecule has 8 nitrogen and oxygen atoms in total. The molecule has 2 unspecified atom stereocenters. The summed E-state index contributed by atoms with van der Waals surface area (Å²) in [5.41, 5.74) is 2.00. The lowest BCUT2D eigenvalue weighted by Crippen LogP contribution is -2.48. The number of nitrogens with one attached hydrogen (secondary N) is 1. The van der Waals surface area contributed by atoms with Gasteiger partial charge < -0.3 is 24.4 Å². The van der Waals surface area contributed by atoms with Gasteiger partial charge in [0.05, 0.1) is 32.5 Å². The molecule has 33 heavy (non-hydrogen) atoms. The van der Waals surface area contributed by atoms with Gasteiger partial charge >= 0.3 is 6.09 Å². The molecule has 1 aliphatic rings. The number of carbonyl (C=O) groups is 2. The van der Waals surface area contributed by atoms with E-state index >= 15 is 0 Å². The summed E-state index contributed by atoms with van der Waals surface area (Å²) in [5, 5.41) is 12.1. The molecule has 1 aliphatic heterocycles. The predicted molar refractivity (Wildman–Crippen MR) is 121 cm³/mol. The Morgan fingerprint density at radius 3 is 2.30 bits per heavy atom. The molecule has 1 heterocycles. The molecule has 0 spiro atoms. The highest BCUT2D eigenvalue weighted by molar-refractivity contribution is 5.84. The van der Waals surface area contributed by atoms with Crippen LogP contribution in [0.25, 0.3) is 0 Å². The molecule has 2 aromatic carbocycles. The van der Waals surface area contributed by atoms with Crippen LogP contribution >= 0.6 is 0 Å². The summed E-state index contributed by atoms with van der Waals surface area (Å²) in [5.74, 6) is -0.512. The zero-order valence-corrected chi connectivity index (χ0v) is 18.5. The molecule has 1 saturated heterocycles. The van der Waals surface area contributed by atoms with Crippen molar-refractivity contribution in [1.82, 2.24) is 10.2 Å². The number of nitriles is 1. The molecular formula is C25H29N3O5. The number of ether oxygens (including phenoxy) is 3. The summed E-state index contributed by atoms with van der Waals surface area (Å²) in [7, 11) is 0. The number of rotatable bonds is 10. The van der Waals surface area contributed by atoms with Crippen molar-refractivity contribution < 1.29 is 23.8 Å². The third-order valence-electron chi connectivity index (χ3n) is 5.21. The third-order valence-corrected chi connectivity index (χ3v) is 5.21. The first-order valence-electron chi connectivity index (χ1n) is 11.0. The molecule has 0 bridgehead atoms.